The maximum absolute atomic E-state index is 8.50. The molecule has 0 aliphatic carbocycles. The Balaban J connectivity index is 3.23. The molecule has 0 bridgehead atoms. The predicted octanol–water partition coefficient (Wildman–Crippen LogP) is 1.53. The number of methoxy groups -OCH3 is 1. The van der Waals surface area contributed by atoms with Crippen LogP contribution in [-0.2, 0) is 4.74 Å². The van der Waals surface area contributed by atoms with Crippen LogP contribution >= 0.6 is 11.8 Å². The number of aliphatic hydroxyl groups excluding tert-OH is 1. The number of rotatable bonds is 6. The van der Waals surface area contributed by atoms with Gasteiger partial charge in [-0.05, 0) is 26.0 Å². The first-order valence-corrected chi connectivity index (χ1v) is 5.01. The Bertz CT molecular complexity index is 94.1. The fraction of sp³-hybridized carbons (Fsp3) is 1.00. The van der Waals surface area contributed by atoms with E-state index in [1.165, 1.54) is 0 Å². The summed E-state index contributed by atoms with van der Waals surface area (Å²) >= 11 is 1.77. The van der Waals surface area contributed by atoms with Crippen LogP contribution in [0.2, 0.25) is 0 Å². The lowest BCUT2D eigenvalue weighted by Gasteiger charge is -2.22. The molecular weight excluding hydrogens is 160 g/mol. The van der Waals surface area contributed by atoms with Gasteiger partial charge < -0.3 is 9.84 Å². The van der Waals surface area contributed by atoms with Crippen LogP contribution in [0.1, 0.15) is 20.3 Å². The molecule has 0 aromatic carbocycles. The molecule has 0 heterocycles. The number of ether oxygens (including phenoxy) is 1. The molecular formula is C8H18O2S. The number of aliphatic hydroxyl groups is 1. The average Bonchev–Trinajstić information content (AvgIpc) is 1.99. The molecule has 68 valence electrons. The fourth-order valence-corrected chi connectivity index (χ4v) is 1.56. The lowest BCUT2D eigenvalue weighted by atomic mass is 10.1. The largest absolute Gasteiger partial charge is 0.396 e. The molecule has 0 spiro atoms. The van der Waals surface area contributed by atoms with E-state index in [0.29, 0.717) is 0 Å². The summed E-state index contributed by atoms with van der Waals surface area (Å²) in [6.07, 6.45) is 1.04. The molecule has 11 heavy (non-hydrogen) atoms. The molecule has 0 aliphatic heterocycles. The first kappa shape index (κ1) is 11.3. The summed E-state index contributed by atoms with van der Waals surface area (Å²) < 4.78 is 5.24. The van der Waals surface area contributed by atoms with Gasteiger partial charge in [0.15, 0.2) is 0 Å². The van der Waals surface area contributed by atoms with Gasteiger partial charge in [0.2, 0.25) is 0 Å². The van der Waals surface area contributed by atoms with Crippen LogP contribution < -0.4 is 0 Å². The van der Waals surface area contributed by atoms with Crippen LogP contribution in [0.15, 0.2) is 0 Å². The van der Waals surface area contributed by atoms with E-state index in [9.17, 15) is 0 Å². The molecule has 0 aromatic rings. The van der Waals surface area contributed by atoms with E-state index in [-0.39, 0.29) is 12.2 Å². The van der Waals surface area contributed by atoms with Gasteiger partial charge in [-0.3, -0.25) is 0 Å². The van der Waals surface area contributed by atoms with Crippen molar-refractivity contribution in [1.82, 2.24) is 0 Å². The van der Waals surface area contributed by atoms with Gasteiger partial charge in [0.1, 0.15) is 0 Å². The average molecular weight is 178 g/mol. The van der Waals surface area contributed by atoms with Crippen molar-refractivity contribution in [2.75, 3.05) is 25.2 Å². The fourth-order valence-electron chi connectivity index (χ4n) is 0.587. The number of thioether (sulfide) groups is 1. The first-order chi connectivity index (χ1) is 5.12. The molecule has 0 rings (SSSR count). The van der Waals surface area contributed by atoms with Gasteiger partial charge in [-0.2, -0.15) is 11.8 Å². The van der Waals surface area contributed by atoms with E-state index in [0.717, 1.165) is 17.9 Å². The molecule has 0 saturated heterocycles. The highest BCUT2D eigenvalue weighted by Gasteiger charge is 2.14. The third kappa shape index (κ3) is 6.66. The van der Waals surface area contributed by atoms with E-state index >= 15 is 0 Å². The summed E-state index contributed by atoms with van der Waals surface area (Å²) in [5, 5.41) is 8.50. The molecule has 0 saturated carbocycles. The molecule has 2 nitrogen and oxygen atoms in total. The highest BCUT2D eigenvalue weighted by molar-refractivity contribution is 7.99. The summed E-state index contributed by atoms with van der Waals surface area (Å²) in [6.45, 7) is 4.43. The Hall–Kier alpha value is 0.270. The summed E-state index contributed by atoms with van der Waals surface area (Å²) in [4.78, 5) is 0. The third-order valence-electron chi connectivity index (χ3n) is 1.64. The van der Waals surface area contributed by atoms with Crippen LogP contribution in [0, 0.1) is 0 Å². The third-order valence-corrected chi connectivity index (χ3v) is 2.60. The van der Waals surface area contributed by atoms with Gasteiger partial charge in [0.05, 0.1) is 12.2 Å². The van der Waals surface area contributed by atoms with Crippen LogP contribution in [0.4, 0.5) is 0 Å². The topological polar surface area (TPSA) is 29.5 Å². The van der Waals surface area contributed by atoms with Crippen LogP contribution in [0.5, 0.6) is 0 Å². The maximum Gasteiger partial charge on any atom is 0.0630 e. The zero-order valence-corrected chi connectivity index (χ0v) is 8.41. The Kier molecular flexibility index (Phi) is 6.01. The molecule has 0 fully saturated rings. The molecule has 0 aliphatic rings. The standard InChI is InChI=1S/C8H18O2S/c1-8(2,10-3)4-6-11-7-5-9/h9H,4-7H2,1-3H3. The van der Waals surface area contributed by atoms with Crippen LogP contribution in [-0.4, -0.2) is 35.9 Å². The summed E-state index contributed by atoms with van der Waals surface area (Å²) in [5.41, 5.74) is -0.0115. The number of hydrogen-bond acceptors (Lipinski definition) is 3. The van der Waals surface area contributed by atoms with Crippen molar-refractivity contribution in [3.05, 3.63) is 0 Å². The van der Waals surface area contributed by atoms with Crippen molar-refractivity contribution in [2.45, 2.75) is 25.9 Å². The summed E-state index contributed by atoms with van der Waals surface area (Å²) in [6, 6.07) is 0. The highest BCUT2D eigenvalue weighted by Crippen LogP contribution is 2.16. The quantitative estimate of drug-likeness (QED) is 0.625. The Labute approximate surface area is 73.3 Å². The van der Waals surface area contributed by atoms with E-state index in [2.05, 4.69) is 13.8 Å². The van der Waals surface area contributed by atoms with E-state index in [1.807, 2.05) is 0 Å². The van der Waals surface area contributed by atoms with Crippen molar-refractivity contribution in [1.29, 1.82) is 0 Å². The summed E-state index contributed by atoms with van der Waals surface area (Å²) in [5.74, 6) is 1.89. The second kappa shape index (κ2) is 5.86. The minimum Gasteiger partial charge on any atom is -0.396 e. The van der Waals surface area contributed by atoms with Gasteiger partial charge in [-0.1, -0.05) is 0 Å². The van der Waals surface area contributed by atoms with E-state index < -0.39 is 0 Å². The van der Waals surface area contributed by atoms with Gasteiger partial charge in [-0.15, -0.1) is 0 Å². The van der Waals surface area contributed by atoms with Gasteiger partial charge in [-0.25, -0.2) is 0 Å². The monoisotopic (exact) mass is 178 g/mol. The second-order valence-corrected chi connectivity index (χ2v) is 4.27. The molecule has 0 amide bonds. The predicted molar refractivity (Wildman–Crippen MR) is 50.1 cm³/mol. The van der Waals surface area contributed by atoms with Crippen molar-refractivity contribution in [2.24, 2.45) is 0 Å². The lowest BCUT2D eigenvalue weighted by molar-refractivity contribution is 0.0206. The Morgan fingerprint density at radius 3 is 2.45 bits per heavy atom. The minimum absolute atomic E-state index is 0.0115. The summed E-state index contributed by atoms with van der Waals surface area (Å²) in [7, 11) is 1.73. The second-order valence-electron chi connectivity index (χ2n) is 3.05. The van der Waals surface area contributed by atoms with E-state index in [4.69, 9.17) is 9.84 Å². The molecule has 0 unspecified atom stereocenters. The van der Waals surface area contributed by atoms with Crippen molar-refractivity contribution in [3.8, 4) is 0 Å². The normalized spacial score (nSPS) is 12.0. The molecule has 0 atom stereocenters. The maximum atomic E-state index is 8.50. The lowest BCUT2D eigenvalue weighted by Crippen LogP contribution is -2.23. The van der Waals surface area contributed by atoms with Crippen molar-refractivity contribution in [3.63, 3.8) is 0 Å². The van der Waals surface area contributed by atoms with Gasteiger partial charge in [0, 0.05) is 12.9 Å². The molecule has 3 heteroatoms. The zero-order chi connectivity index (χ0) is 8.74. The van der Waals surface area contributed by atoms with E-state index in [1.54, 1.807) is 18.9 Å². The highest BCUT2D eigenvalue weighted by atomic mass is 32.2. The van der Waals surface area contributed by atoms with Crippen LogP contribution in [0.25, 0.3) is 0 Å². The molecule has 0 aromatic heterocycles. The minimum atomic E-state index is -0.0115. The van der Waals surface area contributed by atoms with Crippen molar-refractivity contribution < 1.29 is 9.84 Å². The van der Waals surface area contributed by atoms with Gasteiger partial charge >= 0.3 is 0 Å². The zero-order valence-electron chi connectivity index (χ0n) is 7.59. The van der Waals surface area contributed by atoms with Gasteiger partial charge in [0.25, 0.3) is 0 Å². The smallest absolute Gasteiger partial charge is 0.0630 e. The molecule has 0 radical (unpaired) electrons. The SMILES string of the molecule is COC(C)(C)CCSCCO. The number of hydrogen-bond donors (Lipinski definition) is 1. The Morgan fingerprint density at radius 1 is 1.36 bits per heavy atom. The van der Waals surface area contributed by atoms with Crippen molar-refractivity contribution >= 4 is 11.8 Å². The molecule has 1 N–H and O–H groups in total. The van der Waals surface area contributed by atoms with Crippen LogP contribution in [0.3, 0.4) is 0 Å². The first-order valence-electron chi connectivity index (χ1n) is 3.86. The Morgan fingerprint density at radius 2 is 2.00 bits per heavy atom.